The number of unbranched alkanes of at least 4 members (excludes halogenated alkanes) is 20. The average Bonchev–Trinajstić information content (AvgIpc) is 2.83. The average molecular weight is 508 g/mol. The van der Waals surface area contributed by atoms with Crippen LogP contribution in [0.2, 0.25) is 0 Å². The van der Waals surface area contributed by atoms with E-state index in [0.29, 0.717) is 11.1 Å². The Morgan fingerprint density at radius 1 is 0.333 bits per heavy atom. The zero-order valence-electron chi connectivity index (χ0n) is 26.8. The molecular weight excluding hydrogens is 434 g/mol. The van der Waals surface area contributed by atoms with E-state index in [0.717, 1.165) is 0 Å². The summed E-state index contributed by atoms with van der Waals surface area (Å²) in [7, 11) is 0. The van der Waals surface area contributed by atoms with Gasteiger partial charge in [0, 0.05) is 11.1 Å². The molecule has 0 fully saturated rings. The molecule has 0 spiro atoms. The summed E-state index contributed by atoms with van der Waals surface area (Å²) in [6.07, 6.45) is 35.5. The molecule has 0 amide bonds. The summed E-state index contributed by atoms with van der Waals surface area (Å²) in [5.41, 5.74) is 0.628. The lowest BCUT2D eigenvalue weighted by molar-refractivity contribution is 0.00151. The first-order chi connectivity index (χ1) is 17.3. The highest BCUT2D eigenvalue weighted by Crippen LogP contribution is 2.34. The Morgan fingerprint density at radius 2 is 0.583 bits per heavy atom. The third-order valence-electron chi connectivity index (χ3n) is 8.73. The van der Waals surface area contributed by atoms with Crippen LogP contribution >= 0.6 is 0 Å². The Kier molecular flexibility index (Phi) is 24.0. The Morgan fingerprint density at radius 3 is 0.889 bits per heavy atom. The molecule has 36 heavy (non-hydrogen) atoms. The van der Waals surface area contributed by atoms with Crippen molar-refractivity contribution in [3.8, 4) is 0 Å². The molecule has 0 aliphatic rings. The third kappa shape index (κ3) is 20.0. The number of hydrogen-bond donors (Lipinski definition) is 0. The van der Waals surface area contributed by atoms with Gasteiger partial charge in [-0.15, -0.1) is 0 Å². The minimum absolute atomic E-state index is 0.314. The predicted octanol–water partition coefficient (Wildman–Crippen LogP) is 12.7. The highest BCUT2D eigenvalue weighted by atomic mass is 15.2. The van der Waals surface area contributed by atoms with Crippen LogP contribution in [0.3, 0.4) is 0 Å². The molecule has 0 unspecified atom stereocenters. The van der Waals surface area contributed by atoms with Crippen molar-refractivity contribution >= 4 is 0 Å². The summed E-state index contributed by atoms with van der Waals surface area (Å²) in [6.45, 7) is 18.5. The van der Waals surface area contributed by atoms with Gasteiger partial charge in [0.1, 0.15) is 0 Å². The molecule has 0 aliphatic carbocycles. The van der Waals surface area contributed by atoms with Crippen molar-refractivity contribution in [2.24, 2.45) is 0 Å². The van der Waals surface area contributed by atoms with Gasteiger partial charge < -0.3 is 0 Å². The standard InChI is InChI=1S/C35H73N/c1-8-11-14-17-19-21-23-25-28-31-34(4,5)36(33-30-27-16-13-10-3)35(6,7)32-29-26-24-22-20-18-15-12-9-2/h8-33H2,1-7H3. The molecule has 0 N–H and O–H groups in total. The summed E-state index contributed by atoms with van der Waals surface area (Å²) >= 11 is 0. The van der Waals surface area contributed by atoms with Crippen LogP contribution in [0.4, 0.5) is 0 Å². The van der Waals surface area contributed by atoms with Crippen molar-refractivity contribution in [1.29, 1.82) is 0 Å². The second-order valence-electron chi connectivity index (χ2n) is 13.3. The zero-order valence-corrected chi connectivity index (χ0v) is 26.8. The highest BCUT2D eigenvalue weighted by Gasteiger charge is 2.36. The van der Waals surface area contributed by atoms with Gasteiger partial charge in [-0.3, -0.25) is 4.90 Å². The first-order valence-electron chi connectivity index (χ1n) is 17.1. The Labute approximate surface area is 231 Å². The van der Waals surface area contributed by atoms with Crippen LogP contribution in [0.5, 0.6) is 0 Å². The minimum Gasteiger partial charge on any atom is -0.293 e. The van der Waals surface area contributed by atoms with E-state index in [4.69, 9.17) is 0 Å². The summed E-state index contributed by atoms with van der Waals surface area (Å²) in [5.74, 6) is 0. The molecule has 0 radical (unpaired) electrons. The van der Waals surface area contributed by atoms with Gasteiger partial charge in [0.25, 0.3) is 0 Å². The van der Waals surface area contributed by atoms with Crippen molar-refractivity contribution in [2.45, 2.75) is 220 Å². The second-order valence-corrected chi connectivity index (χ2v) is 13.3. The van der Waals surface area contributed by atoms with Crippen LogP contribution in [-0.4, -0.2) is 22.5 Å². The van der Waals surface area contributed by atoms with E-state index in [-0.39, 0.29) is 0 Å². The minimum atomic E-state index is 0.314. The van der Waals surface area contributed by atoms with E-state index in [1.165, 1.54) is 167 Å². The van der Waals surface area contributed by atoms with Gasteiger partial charge in [-0.25, -0.2) is 0 Å². The van der Waals surface area contributed by atoms with E-state index >= 15 is 0 Å². The molecule has 218 valence electrons. The molecule has 0 aromatic carbocycles. The fourth-order valence-corrected chi connectivity index (χ4v) is 6.30. The van der Waals surface area contributed by atoms with Crippen LogP contribution in [-0.2, 0) is 0 Å². The highest BCUT2D eigenvalue weighted by molar-refractivity contribution is 4.92. The van der Waals surface area contributed by atoms with Gasteiger partial charge in [-0.05, 0) is 53.5 Å². The monoisotopic (exact) mass is 508 g/mol. The van der Waals surface area contributed by atoms with Crippen molar-refractivity contribution < 1.29 is 0 Å². The Hall–Kier alpha value is -0.0400. The summed E-state index contributed by atoms with van der Waals surface area (Å²) in [5, 5.41) is 0. The normalized spacial score (nSPS) is 12.7. The topological polar surface area (TPSA) is 3.24 Å². The molecule has 0 aliphatic heterocycles. The zero-order chi connectivity index (χ0) is 27.0. The largest absolute Gasteiger partial charge is 0.293 e. The molecule has 0 bridgehead atoms. The quantitative estimate of drug-likeness (QED) is 0.0951. The van der Waals surface area contributed by atoms with Crippen LogP contribution in [0, 0.1) is 0 Å². The molecule has 0 aromatic heterocycles. The maximum Gasteiger partial charge on any atom is 0.0158 e. The summed E-state index contributed by atoms with van der Waals surface area (Å²) < 4.78 is 0. The van der Waals surface area contributed by atoms with E-state index in [2.05, 4.69) is 53.4 Å². The van der Waals surface area contributed by atoms with Crippen molar-refractivity contribution in [3.05, 3.63) is 0 Å². The molecular formula is C35H73N. The maximum atomic E-state index is 2.95. The number of hydrogen-bond acceptors (Lipinski definition) is 1. The first kappa shape index (κ1) is 36.0. The Bertz CT molecular complexity index is 404. The SMILES string of the molecule is CCCCCCCCCCCC(C)(C)N(CCCCCCC)C(C)(C)CCCCCCCCCCC. The van der Waals surface area contributed by atoms with E-state index < -0.39 is 0 Å². The summed E-state index contributed by atoms with van der Waals surface area (Å²) in [4.78, 5) is 2.95. The number of nitrogens with zero attached hydrogens (tertiary/aromatic N) is 1. The smallest absolute Gasteiger partial charge is 0.0158 e. The predicted molar refractivity (Wildman–Crippen MR) is 167 cm³/mol. The third-order valence-corrected chi connectivity index (χ3v) is 8.73. The Balaban J connectivity index is 4.53. The molecule has 1 heteroatoms. The molecule has 0 heterocycles. The maximum absolute atomic E-state index is 2.95. The van der Waals surface area contributed by atoms with E-state index in [1.807, 2.05) is 0 Å². The molecule has 0 rings (SSSR count). The van der Waals surface area contributed by atoms with Gasteiger partial charge in [0.2, 0.25) is 0 Å². The van der Waals surface area contributed by atoms with Crippen LogP contribution in [0.25, 0.3) is 0 Å². The van der Waals surface area contributed by atoms with Gasteiger partial charge in [0.05, 0.1) is 0 Å². The van der Waals surface area contributed by atoms with Crippen LogP contribution < -0.4 is 0 Å². The number of rotatable bonds is 28. The molecule has 0 aromatic rings. The van der Waals surface area contributed by atoms with Gasteiger partial charge in [-0.2, -0.15) is 0 Å². The van der Waals surface area contributed by atoms with Crippen molar-refractivity contribution in [3.63, 3.8) is 0 Å². The van der Waals surface area contributed by atoms with E-state index in [1.54, 1.807) is 0 Å². The van der Waals surface area contributed by atoms with Gasteiger partial charge >= 0.3 is 0 Å². The lowest BCUT2D eigenvalue weighted by atomic mass is 9.85. The summed E-state index contributed by atoms with van der Waals surface area (Å²) in [6, 6.07) is 0. The molecule has 0 saturated heterocycles. The lowest BCUT2D eigenvalue weighted by Gasteiger charge is -2.49. The molecule has 1 nitrogen and oxygen atoms in total. The molecule has 0 saturated carbocycles. The fourth-order valence-electron chi connectivity index (χ4n) is 6.30. The van der Waals surface area contributed by atoms with Crippen LogP contribution in [0.1, 0.15) is 209 Å². The second kappa shape index (κ2) is 24.0. The van der Waals surface area contributed by atoms with Gasteiger partial charge in [-0.1, -0.05) is 162 Å². The molecule has 0 atom stereocenters. The van der Waals surface area contributed by atoms with E-state index in [9.17, 15) is 0 Å². The fraction of sp³-hybridized carbons (Fsp3) is 1.00. The van der Waals surface area contributed by atoms with Crippen molar-refractivity contribution in [2.75, 3.05) is 6.54 Å². The van der Waals surface area contributed by atoms with Crippen molar-refractivity contribution in [1.82, 2.24) is 4.90 Å². The first-order valence-corrected chi connectivity index (χ1v) is 17.1. The van der Waals surface area contributed by atoms with Gasteiger partial charge in [0.15, 0.2) is 0 Å². The van der Waals surface area contributed by atoms with Crippen LogP contribution in [0.15, 0.2) is 0 Å². The lowest BCUT2D eigenvalue weighted by Crippen LogP contribution is -2.55.